The predicted molar refractivity (Wildman–Crippen MR) is 73.8 cm³/mol. The van der Waals surface area contributed by atoms with E-state index in [2.05, 4.69) is 9.88 Å². The van der Waals surface area contributed by atoms with Crippen LogP contribution in [0.4, 0.5) is 5.69 Å². The van der Waals surface area contributed by atoms with Crippen molar-refractivity contribution >= 4 is 11.6 Å². The lowest BCUT2D eigenvalue weighted by molar-refractivity contribution is 0.0744. The molecule has 0 saturated carbocycles. The first kappa shape index (κ1) is 12.4. The molecule has 3 rings (SSSR count). The third-order valence-corrected chi connectivity index (χ3v) is 4.17. The molecule has 0 aromatic carbocycles. The van der Waals surface area contributed by atoms with Crippen molar-refractivity contribution in [1.29, 1.82) is 0 Å². The number of aromatic nitrogens is 1. The zero-order valence-electron chi connectivity index (χ0n) is 11.1. The van der Waals surface area contributed by atoms with Crippen molar-refractivity contribution < 1.29 is 4.79 Å². The summed E-state index contributed by atoms with van der Waals surface area (Å²) in [5.41, 5.74) is 6.91. The summed E-state index contributed by atoms with van der Waals surface area (Å²) in [7, 11) is 0. The van der Waals surface area contributed by atoms with Crippen LogP contribution in [0.2, 0.25) is 0 Å². The SMILES string of the molecule is Nc1cnccc1C(=O)N1CCCN2CCCC2C1. The van der Waals surface area contributed by atoms with Crippen molar-refractivity contribution in [3.63, 3.8) is 0 Å². The lowest BCUT2D eigenvalue weighted by atomic mass is 10.1. The van der Waals surface area contributed by atoms with Gasteiger partial charge in [-0.05, 0) is 31.9 Å². The molecular weight excluding hydrogens is 240 g/mol. The monoisotopic (exact) mass is 260 g/mol. The van der Waals surface area contributed by atoms with Crippen molar-refractivity contribution in [3.8, 4) is 0 Å². The summed E-state index contributed by atoms with van der Waals surface area (Å²) in [5, 5.41) is 0. The minimum Gasteiger partial charge on any atom is -0.397 e. The second kappa shape index (κ2) is 5.17. The van der Waals surface area contributed by atoms with Gasteiger partial charge in [-0.25, -0.2) is 0 Å². The van der Waals surface area contributed by atoms with Crippen molar-refractivity contribution in [2.45, 2.75) is 25.3 Å². The molecule has 2 aliphatic heterocycles. The topological polar surface area (TPSA) is 62.5 Å². The van der Waals surface area contributed by atoms with E-state index in [0.717, 1.165) is 26.1 Å². The minimum atomic E-state index is 0.0497. The smallest absolute Gasteiger partial charge is 0.256 e. The molecule has 0 spiro atoms. The van der Waals surface area contributed by atoms with E-state index < -0.39 is 0 Å². The molecule has 2 fully saturated rings. The van der Waals surface area contributed by atoms with E-state index in [9.17, 15) is 4.79 Å². The molecule has 1 aromatic heterocycles. The molecule has 1 atom stereocenters. The number of carbonyl (C=O) groups is 1. The molecule has 1 unspecified atom stereocenters. The van der Waals surface area contributed by atoms with Crippen molar-refractivity contribution in [1.82, 2.24) is 14.8 Å². The molecule has 2 saturated heterocycles. The van der Waals surface area contributed by atoms with Gasteiger partial charge in [0.2, 0.25) is 0 Å². The summed E-state index contributed by atoms with van der Waals surface area (Å²) < 4.78 is 0. The van der Waals surface area contributed by atoms with Crippen molar-refractivity contribution in [2.75, 3.05) is 31.9 Å². The van der Waals surface area contributed by atoms with Gasteiger partial charge in [-0.2, -0.15) is 0 Å². The number of nitrogen functional groups attached to an aromatic ring is 1. The highest BCUT2D eigenvalue weighted by Crippen LogP contribution is 2.23. The Labute approximate surface area is 113 Å². The van der Waals surface area contributed by atoms with Crippen LogP contribution in [0.25, 0.3) is 0 Å². The molecule has 2 N–H and O–H groups in total. The van der Waals surface area contributed by atoms with Crippen LogP contribution in [-0.4, -0.2) is 52.9 Å². The number of fused-ring (bicyclic) bond motifs is 1. The first-order valence-corrected chi connectivity index (χ1v) is 6.98. The van der Waals surface area contributed by atoms with Crippen LogP contribution < -0.4 is 5.73 Å². The molecule has 102 valence electrons. The normalized spacial score (nSPS) is 24.0. The van der Waals surface area contributed by atoms with E-state index in [1.54, 1.807) is 18.5 Å². The molecule has 1 aromatic rings. The number of carbonyl (C=O) groups excluding carboxylic acids is 1. The van der Waals surface area contributed by atoms with Gasteiger partial charge in [0.15, 0.2) is 0 Å². The molecular formula is C14H20N4O. The summed E-state index contributed by atoms with van der Waals surface area (Å²) in [4.78, 5) is 21.0. The second-order valence-electron chi connectivity index (χ2n) is 5.40. The van der Waals surface area contributed by atoms with Crippen LogP contribution in [0.3, 0.4) is 0 Å². The number of pyridine rings is 1. The van der Waals surface area contributed by atoms with Gasteiger partial charge in [0.05, 0.1) is 17.4 Å². The Balaban J connectivity index is 1.78. The molecule has 1 amide bonds. The first-order chi connectivity index (χ1) is 9.25. The van der Waals surface area contributed by atoms with Gasteiger partial charge in [0, 0.05) is 31.9 Å². The van der Waals surface area contributed by atoms with Crippen LogP contribution in [-0.2, 0) is 0 Å². The Bertz CT molecular complexity index is 476. The molecule has 19 heavy (non-hydrogen) atoms. The summed E-state index contributed by atoms with van der Waals surface area (Å²) in [6.07, 6.45) is 6.68. The van der Waals surface area contributed by atoms with Gasteiger partial charge in [-0.15, -0.1) is 0 Å². The third kappa shape index (κ3) is 2.42. The van der Waals surface area contributed by atoms with E-state index in [1.807, 2.05) is 4.90 Å². The van der Waals surface area contributed by atoms with Crippen LogP contribution in [0.1, 0.15) is 29.6 Å². The van der Waals surface area contributed by atoms with E-state index in [-0.39, 0.29) is 5.91 Å². The number of nitrogens with two attached hydrogens (primary N) is 1. The second-order valence-corrected chi connectivity index (χ2v) is 5.40. The Morgan fingerprint density at radius 1 is 1.32 bits per heavy atom. The largest absolute Gasteiger partial charge is 0.397 e. The molecule has 2 aliphatic rings. The lowest BCUT2D eigenvalue weighted by Gasteiger charge is -2.26. The maximum Gasteiger partial charge on any atom is 0.256 e. The van der Waals surface area contributed by atoms with Crippen LogP contribution in [0, 0.1) is 0 Å². The quantitative estimate of drug-likeness (QED) is 0.817. The Kier molecular flexibility index (Phi) is 3.38. The van der Waals surface area contributed by atoms with Gasteiger partial charge >= 0.3 is 0 Å². The summed E-state index contributed by atoms with van der Waals surface area (Å²) in [6, 6.07) is 2.25. The number of hydrogen-bond acceptors (Lipinski definition) is 4. The van der Waals surface area contributed by atoms with Crippen LogP contribution in [0.15, 0.2) is 18.5 Å². The summed E-state index contributed by atoms with van der Waals surface area (Å²) in [5.74, 6) is 0.0497. The number of rotatable bonds is 1. The first-order valence-electron chi connectivity index (χ1n) is 6.98. The minimum absolute atomic E-state index is 0.0497. The number of anilines is 1. The van der Waals surface area contributed by atoms with E-state index in [1.165, 1.54) is 19.4 Å². The van der Waals surface area contributed by atoms with Gasteiger partial charge in [-0.1, -0.05) is 0 Å². The highest BCUT2D eigenvalue weighted by molar-refractivity contribution is 5.98. The van der Waals surface area contributed by atoms with E-state index >= 15 is 0 Å². The summed E-state index contributed by atoms with van der Waals surface area (Å²) in [6.45, 7) is 3.96. The zero-order valence-corrected chi connectivity index (χ0v) is 11.1. The molecule has 5 nitrogen and oxygen atoms in total. The molecule has 5 heteroatoms. The van der Waals surface area contributed by atoms with Crippen molar-refractivity contribution in [3.05, 3.63) is 24.0 Å². The number of hydrogen-bond donors (Lipinski definition) is 1. The molecule has 0 radical (unpaired) electrons. The molecule has 0 bridgehead atoms. The predicted octanol–water partition coefficient (Wildman–Crippen LogP) is 0.974. The van der Waals surface area contributed by atoms with Gasteiger partial charge in [-0.3, -0.25) is 14.7 Å². The average Bonchev–Trinajstić information content (AvgIpc) is 2.76. The Hall–Kier alpha value is -1.62. The fourth-order valence-electron chi connectivity index (χ4n) is 3.16. The third-order valence-electron chi connectivity index (χ3n) is 4.17. The van der Waals surface area contributed by atoms with E-state index in [4.69, 9.17) is 5.73 Å². The Morgan fingerprint density at radius 3 is 3.00 bits per heavy atom. The number of nitrogens with zero attached hydrogens (tertiary/aromatic N) is 3. The van der Waals surface area contributed by atoms with Gasteiger partial charge < -0.3 is 10.6 Å². The highest BCUT2D eigenvalue weighted by atomic mass is 16.2. The molecule has 3 heterocycles. The maximum absolute atomic E-state index is 12.6. The van der Waals surface area contributed by atoms with E-state index in [0.29, 0.717) is 17.3 Å². The Morgan fingerprint density at radius 2 is 2.16 bits per heavy atom. The summed E-state index contributed by atoms with van der Waals surface area (Å²) >= 11 is 0. The van der Waals surface area contributed by atoms with Crippen LogP contribution >= 0.6 is 0 Å². The standard InChI is InChI=1S/C14H20N4O/c15-13-9-16-5-4-12(13)14(19)18-8-2-7-17-6-1-3-11(17)10-18/h4-5,9,11H,1-3,6-8,10,15H2. The zero-order chi connectivity index (χ0) is 13.2. The molecule has 0 aliphatic carbocycles. The highest BCUT2D eigenvalue weighted by Gasteiger charge is 2.31. The van der Waals surface area contributed by atoms with Gasteiger partial charge in [0.1, 0.15) is 0 Å². The lowest BCUT2D eigenvalue weighted by Crippen LogP contribution is -2.39. The average molecular weight is 260 g/mol. The number of amides is 1. The van der Waals surface area contributed by atoms with Gasteiger partial charge in [0.25, 0.3) is 5.91 Å². The van der Waals surface area contributed by atoms with Crippen LogP contribution in [0.5, 0.6) is 0 Å². The fraction of sp³-hybridized carbons (Fsp3) is 0.571. The maximum atomic E-state index is 12.6. The fourth-order valence-corrected chi connectivity index (χ4v) is 3.16. The van der Waals surface area contributed by atoms with Crippen molar-refractivity contribution in [2.24, 2.45) is 0 Å².